The highest BCUT2D eigenvalue weighted by Crippen LogP contribution is 2.13. The number of hydrazone groups is 1. The van der Waals surface area contributed by atoms with Crippen LogP contribution >= 0.6 is 0 Å². The van der Waals surface area contributed by atoms with Crippen molar-refractivity contribution < 1.29 is 4.74 Å². The second-order valence-electron chi connectivity index (χ2n) is 5.54. The second kappa shape index (κ2) is 8.11. The van der Waals surface area contributed by atoms with Gasteiger partial charge in [0.25, 0.3) is 5.56 Å². The van der Waals surface area contributed by atoms with Gasteiger partial charge in [-0.2, -0.15) is 5.10 Å². The van der Waals surface area contributed by atoms with E-state index in [1.807, 2.05) is 49.4 Å². The molecule has 1 aromatic heterocycles. The molecule has 1 N–H and O–H groups in total. The molecule has 0 aliphatic heterocycles. The van der Waals surface area contributed by atoms with Crippen LogP contribution in [0.1, 0.15) is 12.5 Å². The smallest absolute Gasteiger partial charge is 0.262 e. The van der Waals surface area contributed by atoms with Gasteiger partial charge >= 0.3 is 0 Å². The van der Waals surface area contributed by atoms with Crippen molar-refractivity contribution in [1.82, 2.24) is 9.55 Å². The van der Waals surface area contributed by atoms with E-state index in [0.29, 0.717) is 30.0 Å². The Morgan fingerprint density at radius 3 is 2.92 bits per heavy atom. The number of hydrogen-bond donors (Lipinski definition) is 1. The maximum Gasteiger partial charge on any atom is 0.262 e. The van der Waals surface area contributed by atoms with E-state index in [4.69, 9.17) is 4.74 Å². The fourth-order valence-corrected chi connectivity index (χ4v) is 2.55. The predicted molar refractivity (Wildman–Crippen MR) is 105 cm³/mol. The van der Waals surface area contributed by atoms with Gasteiger partial charge in [0.1, 0.15) is 12.4 Å². The first-order valence-electron chi connectivity index (χ1n) is 8.35. The Bertz CT molecular complexity index is 1010. The number of aromatic nitrogens is 2. The molecule has 0 fully saturated rings. The molecule has 0 saturated carbocycles. The lowest BCUT2D eigenvalue weighted by Gasteiger charge is -2.10. The van der Waals surface area contributed by atoms with Crippen LogP contribution in [-0.2, 0) is 6.54 Å². The topological polar surface area (TPSA) is 68.5 Å². The molecule has 3 rings (SSSR count). The minimum Gasteiger partial charge on any atom is -0.490 e. The van der Waals surface area contributed by atoms with Gasteiger partial charge in [0, 0.05) is 6.54 Å². The Labute approximate surface area is 151 Å². The normalized spacial score (nSPS) is 11.0. The van der Waals surface area contributed by atoms with Crippen molar-refractivity contribution >= 4 is 23.1 Å². The molecule has 0 radical (unpaired) electrons. The van der Waals surface area contributed by atoms with Gasteiger partial charge in [0.2, 0.25) is 5.95 Å². The average Bonchev–Trinajstić information content (AvgIpc) is 2.67. The van der Waals surface area contributed by atoms with Gasteiger partial charge < -0.3 is 4.74 Å². The van der Waals surface area contributed by atoms with Crippen LogP contribution in [0.5, 0.6) is 5.75 Å². The highest BCUT2D eigenvalue weighted by Gasteiger charge is 2.08. The third-order valence-corrected chi connectivity index (χ3v) is 3.78. The predicted octanol–water partition coefficient (Wildman–Crippen LogP) is 3.43. The zero-order chi connectivity index (χ0) is 18.4. The molecule has 0 amide bonds. The lowest BCUT2D eigenvalue weighted by atomic mass is 10.2. The minimum absolute atomic E-state index is 0.0874. The van der Waals surface area contributed by atoms with Gasteiger partial charge in [-0.05, 0) is 36.8 Å². The molecule has 6 heteroatoms. The molecule has 0 aliphatic rings. The van der Waals surface area contributed by atoms with Gasteiger partial charge in [-0.25, -0.2) is 10.4 Å². The summed E-state index contributed by atoms with van der Waals surface area (Å²) < 4.78 is 7.06. The molecule has 2 aromatic carbocycles. The maximum atomic E-state index is 12.6. The van der Waals surface area contributed by atoms with E-state index in [9.17, 15) is 4.79 Å². The highest BCUT2D eigenvalue weighted by molar-refractivity contribution is 5.81. The van der Waals surface area contributed by atoms with Crippen LogP contribution < -0.4 is 15.7 Å². The Hall–Kier alpha value is -3.41. The maximum absolute atomic E-state index is 12.6. The summed E-state index contributed by atoms with van der Waals surface area (Å²) in [4.78, 5) is 17.1. The van der Waals surface area contributed by atoms with Gasteiger partial charge in [-0.3, -0.25) is 9.36 Å². The summed E-state index contributed by atoms with van der Waals surface area (Å²) in [6, 6.07) is 14.8. The molecule has 26 heavy (non-hydrogen) atoms. The van der Waals surface area contributed by atoms with E-state index in [2.05, 4.69) is 22.1 Å². The Morgan fingerprint density at radius 2 is 2.12 bits per heavy atom. The SMILES string of the molecule is C=CCOc1cccc(/C=N\Nc2nc3ccccc3c(=O)n2CC)c1. The summed E-state index contributed by atoms with van der Waals surface area (Å²) in [5.74, 6) is 1.15. The van der Waals surface area contributed by atoms with Crippen molar-refractivity contribution in [2.24, 2.45) is 5.10 Å². The molecule has 0 saturated heterocycles. The van der Waals surface area contributed by atoms with Gasteiger partial charge in [0.05, 0.1) is 17.1 Å². The summed E-state index contributed by atoms with van der Waals surface area (Å²) in [5.41, 5.74) is 4.29. The third-order valence-electron chi connectivity index (χ3n) is 3.78. The van der Waals surface area contributed by atoms with Crippen LogP contribution in [0.25, 0.3) is 10.9 Å². The quantitative estimate of drug-likeness (QED) is 0.403. The first-order chi connectivity index (χ1) is 12.7. The first kappa shape index (κ1) is 17.4. The molecule has 0 bridgehead atoms. The first-order valence-corrected chi connectivity index (χ1v) is 8.35. The molecule has 3 aromatic rings. The fraction of sp³-hybridized carbons (Fsp3) is 0.150. The van der Waals surface area contributed by atoms with E-state index in [0.717, 1.165) is 11.3 Å². The largest absolute Gasteiger partial charge is 0.490 e. The Morgan fingerprint density at radius 1 is 1.27 bits per heavy atom. The number of nitrogens with zero attached hydrogens (tertiary/aromatic N) is 3. The second-order valence-corrected chi connectivity index (χ2v) is 5.54. The molecule has 0 atom stereocenters. The monoisotopic (exact) mass is 348 g/mol. The average molecular weight is 348 g/mol. The summed E-state index contributed by atoms with van der Waals surface area (Å²) in [7, 11) is 0. The molecule has 132 valence electrons. The highest BCUT2D eigenvalue weighted by atomic mass is 16.5. The minimum atomic E-state index is -0.0874. The van der Waals surface area contributed by atoms with E-state index < -0.39 is 0 Å². The van der Waals surface area contributed by atoms with Crippen molar-refractivity contribution in [3.63, 3.8) is 0 Å². The van der Waals surface area contributed by atoms with Crippen molar-refractivity contribution in [3.8, 4) is 5.75 Å². The standard InChI is InChI=1S/C20H20N4O2/c1-3-12-26-16-9-7-8-15(13-16)14-21-23-20-22-18-11-6-5-10-17(18)19(25)24(20)4-2/h3,5-11,13-14H,1,4,12H2,2H3,(H,22,23)/b21-14-. The molecule has 6 nitrogen and oxygen atoms in total. The summed E-state index contributed by atoms with van der Waals surface area (Å²) in [6.07, 6.45) is 3.35. The van der Waals surface area contributed by atoms with Crippen molar-refractivity contribution in [3.05, 3.63) is 77.1 Å². The fourth-order valence-electron chi connectivity index (χ4n) is 2.55. The number of para-hydroxylation sites is 1. The van der Waals surface area contributed by atoms with Crippen LogP contribution in [0, 0.1) is 0 Å². The zero-order valence-electron chi connectivity index (χ0n) is 14.6. The zero-order valence-corrected chi connectivity index (χ0v) is 14.6. The number of benzene rings is 2. The summed E-state index contributed by atoms with van der Waals surface area (Å²) in [5, 5.41) is 4.81. The molecule has 1 heterocycles. The number of hydrogen-bond acceptors (Lipinski definition) is 5. The molecule has 0 unspecified atom stereocenters. The number of ether oxygens (including phenoxy) is 1. The summed E-state index contributed by atoms with van der Waals surface area (Å²) >= 11 is 0. The lowest BCUT2D eigenvalue weighted by Crippen LogP contribution is -2.23. The molecule has 0 aliphatic carbocycles. The number of nitrogens with one attached hydrogen (secondary N) is 1. The van der Waals surface area contributed by atoms with Gasteiger partial charge in [-0.1, -0.05) is 36.9 Å². The van der Waals surface area contributed by atoms with Crippen molar-refractivity contribution in [2.45, 2.75) is 13.5 Å². The number of rotatable bonds is 7. The van der Waals surface area contributed by atoms with Crippen LogP contribution in [0.3, 0.4) is 0 Å². The van der Waals surface area contributed by atoms with Crippen molar-refractivity contribution in [1.29, 1.82) is 0 Å². The van der Waals surface area contributed by atoms with Crippen molar-refractivity contribution in [2.75, 3.05) is 12.0 Å². The Balaban J connectivity index is 1.84. The number of fused-ring (bicyclic) bond motifs is 1. The van der Waals surface area contributed by atoms with E-state index in [1.54, 1.807) is 22.9 Å². The lowest BCUT2D eigenvalue weighted by molar-refractivity contribution is 0.363. The van der Waals surface area contributed by atoms with Crippen LogP contribution in [-0.4, -0.2) is 22.4 Å². The molecular formula is C20H20N4O2. The van der Waals surface area contributed by atoms with Crippen LogP contribution in [0.15, 0.2) is 71.1 Å². The Kier molecular flexibility index (Phi) is 5.43. The third kappa shape index (κ3) is 3.80. The van der Waals surface area contributed by atoms with E-state index in [-0.39, 0.29) is 5.56 Å². The van der Waals surface area contributed by atoms with Gasteiger partial charge in [0.15, 0.2) is 0 Å². The van der Waals surface area contributed by atoms with Crippen LogP contribution in [0.2, 0.25) is 0 Å². The van der Waals surface area contributed by atoms with E-state index in [1.165, 1.54) is 0 Å². The van der Waals surface area contributed by atoms with Crippen LogP contribution in [0.4, 0.5) is 5.95 Å². The van der Waals surface area contributed by atoms with Gasteiger partial charge in [-0.15, -0.1) is 0 Å². The van der Waals surface area contributed by atoms with E-state index >= 15 is 0 Å². The summed E-state index contributed by atoms with van der Waals surface area (Å²) in [6.45, 7) is 6.47. The molecular weight excluding hydrogens is 328 g/mol. The number of anilines is 1. The molecule has 0 spiro atoms.